The molecule has 0 amide bonds. The Bertz CT molecular complexity index is 1650. The summed E-state index contributed by atoms with van der Waals surface area (Å²) in [7, 11) is 1.36. The molecular weight excluding hydrogens is 1430 g/mol. The van der Waals surface area contributed by atoms with Crippen LogP contribution in [0.1, 0.15) is 0 Å². The maximum Gasteiger partial charge on any atom is 0.410 e. The Labute approximate surface area is 545 Å². The van der Waals surface area contributed by atoms with Gasteiger partial charge in [0.25, 0.3) is 0 Å². The van der Waals surface area contributed by atoms with E-state index in [1.807, 2.05) is 97.1 Å². The molecule has 4 aromatic carbocycles. The van der Waals surface area contributed by atoms with Crippen molar-refractivity contribution < 1.29 is 332 Å². The van der Waals surface area contributed by atoms with E-state index in [4.69, 9.17) is 11.7 Å². The van der Waals surface area contributed by atoms with E-state index in [1.54, 1.807) is 22.7 Å². The molecule has 10 radical (unpaired) electrons. The SMILES string of the molecule is [S-]SC[n+]1c(N=Nc2ccccc2)sc2ccccc21.[Y].[Y].[Y].[Y].[Y].[Y].[Y].[Y].[Y].[Y].c1ccc(N=Nc2nc3ccccc3s2)cc1. The Morgan fingerprint density at radius 3 is 1.53 bits per heavy atom. The molecule has 2 aromatic heterocycles. The molecule has 0 bridgehead atoms. The Morgan fingerprint density at radius 2 is 1.00 bits per heavy atom. The van der Waals surface area contributed by atoms with Crippen LogP contribution in [0.2, 0.25) is 0 Å². The molecule has 0 aliphatic heterocycles. The molecule has 0 saturated carbocycles. The normalized spacial score (nSPS) is 8.96. The molecule has 0 saturated heterocycles. The van der Waals surface area contributed by atoms with Gasteiger partial charge >= 0.3 is 5.13 Å². The van der Waals surface area contributed by atoms with Crippen LogP contribution >= 0.6 is 33.5 Å². The van der Waals surface area contributed by atoms with E-state index >= 15 is 0 Å². The standard InChI is InChI=1S/C14H11N3S3.C13H9N3S.10Y/c18-19-10-17-12-8-4-5-9-13(12)20-14(17)16-15-11-6-2-1-3-7-11;1-2-6-10(7-3-1)15-16-13-14-11-8-4-5-9-12(11)17-13;;;;;;;;;;/h1-9H,10H2;1-9H;;;;;;;;;;. The van der Waals surface area contributed by atoms with Crippen LogP contribution in [0.3, 0.4) is 0 Å². The average molecular weight is 1450 g/mol. The number of fused-ring (bicyclic) bond motifs is 2. The van der Waals surface area contributed by atoms with Gasteiger partial charge in [0.1, 0.15) is 17.1 Å². The third-order valence-corrected chi connectivity index (χ3v) is 7.72. The summed E-state index contributed by atoms with van der Waals surface area (Å²) in [6.45, 7) is 0. The van der Waals surface area contributed by atoms with Crippen LogP contribution in [-0.2, 0) is 345 Å². The van der Waals surface area contributed by atoms with Gasteiger partial charge in [0, 0.05) is 327 Å². The Balaban J connectivity index is -0.000000148. The predicted octanol–water partition coefficient (Wildman–Crippen LogP) is 9.44. The molecule has 0 aliphatic rings. The molecule has 212 valence electrons. The molecule has 6 aromatic rings. The first-order chi connectivity index (χ1) is 18.3. The molecule has 20 heteroatoms. The van der Waals surface area contributed by atoms with Crippen molar-refractivity contribution in [2.75, 3.05) is 0 Å². The second kappa shape index (κ2) is 39.1. The largest absolute Gasteiger partial charge is 0.715 e. The van der Waals surface area contributed by atoms with Gasteiger partial charge in [-0.3, -0.25) is 10.8 Å². The van der Waals surface area contributed by atoms with E-state index in [0.717, 1.165) is 32.2 Å². The summed E-state index contributed by atoms with van der Waals surface area (Å²) in [5.41, 5.74) is 3.81. The molecule has 0 aliphatic carbocycles. The fraction of sp³-hybridized carbons (Fsp3) is 0.0370. The van der Waals surface area contributed by atoms with Crippen LogP contribution in [-0.4, -0.2) is 4.98 Å². The van der Waals surface area contributed by atoms with Gasteiger partial charge in [0.05, 0.1) is 25.7 Å². The van der Waals surface area contributed by atoms with E-state index < -0.39 is 0 Å². The molecule has 0 spiro atoms. The Morgan fingerprint density at radius 1 is 0.532 bits per heavy atom. The van der Waals surface area contributed by atoms with Crippen LogP contribution in [0, 0.1) is 0 Å². The number of azo groups is 2. The first-order valence-electron chi connectivity index (χ1n) is 11.3. The number of hydrogen-bond donors (Lipinski definition) is 0. The molecule has 0 fully saturated rings. The van der Waals surface area contributed by atoms with Crippen molar-refractivity contribution in [1.29, 1.82) is 0 Å². The Kier molecular flexibility index (Phi) is 55.2. The van der Waals surface area contributed by atoms with Crippen LogP contribution < -0.4 is 4.57 Å². The number of para-hydroxylation sites is 2. The second-order valence-corrected chi connectivity index (χ2v) is 10.8. The van der Waals surface area contributed by atoms with Gasteiger partial charge in [-0.05, 0) is 65.0 Å². The number of thiazole rings is 2. The predicted molar refractivity (Wildman–Crippen MR) is 158 cm³/mol. The van der Waals surface area contributed by atoms with Crippen molar-refractivity contribution in [2.24, 2.45) is 20.5 Å². The first-order valence-corrected chi connectivity index (χ1v) is 14.8. The zero-order chi connectivity index (χ0) is 25.3. The van der Waals surface area contributed by atoms with E-state index in [2.05, 4.69) is 42.1 Å². The summed E-state index contributed by atoms with van der Waals surface area (Å²) in [5, 5.41) is 18.5. The monoisotopic (exact) mass is 1450 g/mol. The smallest absolute Gasteiger partial charge is 0.410 e. The van der Waals surface area contributed by atoms with E-state index in [0.29, 0.717) is 11.0 Å². The first kappa shape index (κ1) is 66.4. The summed E-state index contributed by atoms with van der Waals surface area (Å²) in [4.78, 5) is 4.39. The van der Waals surface area contributed by atoms with Crippen molar-refractivity contribution in [3.8, 4) is 0 Å². The van der Waals surface area contributed by atoms with Crippen molar-refractivity contribution in [3.63, 3.8) is 0 Å². The fourth-order valence-electron chi connectivity index (χ4n) is 3.37. The molecule has 0 N–H and O–H groups in total. The second-order valence-electron chi connectivity index (χ2n) is 7.56. The van der Waals surface area contributed by atoms with E-state index in [-0.39, 0.29) is 327 Å². The van der Waals surface area contributed by atoms with Crippen LogP contribution in [0.25, 0.3) is 20.4 Å². The van der Waals surface area contributed by atoms with Gasteiger partial charge in [0.2, 0.25) is 5.13 Å². The number of aromatic nitrogens is 2. The number of hydrogen-bond acceptors (Lipinski definition) is 9. The summed E-state index contributed by atoms with van der Waals surface area (Å²) in [6.07, 6.45) is 0. The number of benzene rings is 4. The minimum Gasteiger partial charge on any atom is -0.715 e. The van der Waals surface area contributed by atoms with E-state index in [1.165, 1.54) is 15.5 Å². The van der Waals surface area contributed by atoms with Gasteiger partial charge in [-0.2, -0.15) is 0 Å². The third-order valence-electron chi connectivity index (χ3n) is 5.07. The van der Waals surface area contributed by atoms with Gasteiger partial charge < -0.3 is 11.7 Å². The van der Waals surface area contributed by atoms with Crippen LogP contribution in [0.15, 0.2) is 130 Å². The van der Waals surface area contributed by atoms with Gasteiger partial charge in [-0.25, -0.2) is 9.55 Å². The maximum atomic E-state index is 5.03. The molecule has 6 rings (SSSR count). The van der Waals surface area contributed by atoms with E-state index in [9.17, 15) is 0 Å². The zero-order valence-corrected chi connectivity index (χ0v) is 56.8. The molecular formula is C27H20N6S4Y10. The minimum atomic E-state index is 0. The minimum absolute atomic E-state index is 0. The fourth-order valence-corrected chi connectivity index (χ4v) is 5.90. The van der Waals surface area contributed by atoms with Crippen molar-refractivity contribution in [2.45, 2.75) is 5.88 Å². The van der Waals surface area contributed by atoms with Gasteiger partial charge in [-0.15, -0.1) is 10.2 Å². The van der Waals surface area contributed by atoms with Crippen molar-refractivity contribution in [1.82, 2.24) is 4.98 Å². The maximum absolute atomic E-state index is 5.03. The van der Waals surface area contributed by atoms with Crippen LogP contribution in [0.4, 0.5) is 21.6 Å². The van der Waals surface area contributed by atoms with Crippen molar-refractivity contribution in [3.05, 3.63) is 109 Å². The topological polar surface area (TPSA) is 66.2 Å². The molecule has 0 atom stereocenters. The number of rotatable bonds is 6. The van der Waals surface area contributed by atoms with Crippen molar-refractivity contribution >= 4 is 87.2 Å². The quantitative estimate of drug-likeness (QED) is 0.0723. The third kappa shape index (κ3) is 23.1. The summed E-state index contributed by atoms with van der Waals surface area (Å²) < 4.78 is 4.43. The van der Waals surface area contributed by atoms with Crippen LogP contribution in [0.5, 0.6) is 0 Å². The molecule has 0 unspecified atom stereocenters. The molecule has 47 heavy (non-hydrogen) atoms. The zero-order valence-electron chi connectivity index (χ0n) is 25.2. The number of nitrogens with zero attached hydrogens (tertiary/aromatic N) is 6. The summed E-state index contributed by atoms with van der Waals surface area (Å²) in [5.74, 6) is 0.697. The van der Waals surface area contributed by atoms with Gasteiger partial charge in [0.15, 0.2) is 0 Å². The summed E-state index contributed by atoms with van der Waals surface area (Å²) in [6, 6.07) is 35.6. The Hall–Kier alpha value is 7.60. The molecule has 2 heterocycles. The summed E-state index contributed by atoms with van der Waals surface area (Å²) >= 11 is 8.20. The van der Waals surface area contributed by atoms with Gasteiger partial charge in [-0.1, -0.05) is 72.0 Å². The average Bonchev–Trinajstić information content (AvgIpc) is 3.53. The molecule has 6 nitrogen and oxygen atoms in total.